The Balaban J connectivity index is 0.00000254. The second-order valence-corrected chi connectivity index (χ2v) is 4.21. The number of amides is 1. The van der Waals surface area contributed by atoms with E-state index >= 15 is 0 Å². The molecule has 0 fully saturated rings. The van der Waals surface area contributed by atoms with Crippen molar-refractivity contribution >= 4 is 23.9 Å². The van der Waals surface area contributed by atoms with Crippen molar-refractivity contribution in [1.82, 2.24) is 4.90 Å². The highest BCUT2D eigenvalue weighted by Crippen LogP contribution is 2.14. The van der Waals surface area contributed by atoms with Gasteiger partial charge in [0.2, 0.25) is 0 Å². The zero-order valence-corrected chi connectivity index (χ0v) is 13.3. The number of aliphatic carboxylic acids is 2. The number of rotatable bonds is 6. The number of hydrogen-bond acceptors (Lipinski definition) is 5. The van der Waals surface area contributed by atoms with E-state index in [1.54, 1.807) is 6.07 Å². The molecule has 0 saturated heterocycles. The standard InChI is InChI=1S/C14H12N2O6.C2H6/c15-6-10(5-9-1-3-11(17)4-2-9)14(22)16(7-12(18)19)8-13(20)21;1-2/h1-5,17H,7-8H2,(H,18,19)(H,20,21);1-2H3/b10-5+;. The Morgan fingerprint density at radius 1 is 1.08 bits per heavy atom. The number of aromatic hydroxyl groups is 1. The Kier molecular flexibility index (Phi) is 8.95. The number of phenolic OH excluding ortho intramolecular Hbond substituents is 1. The molecule has 0 bridgehead atoms. The van der Waals surface area contributed by atoms with Crippen LogP contribution in [0.2, 0.25) is 0 Å². The van der Waals surface area contributed by atoms with Gasteiger partial charge in [0.15, 0.2) is 0 Å². The van der Waals surface area contributed by atoms with E-state index in [2.05, 4.69) is 0 Å². The van der Waals surface area contributed by atoms with Gasteiger partial charge in [-0.3, -0.25) is 14.4 Å². The summed E-state index contributed by atoms with van der Waals surface area (Å²) < 4.78 is 0. The smallest absolute Gasteiger partial charge is 0.323 e. The molecule has 1 rings (SSSR count). The Labute approximate surface area is 138 Å². The number of hydrogen-bond donors (Lipinski definition) is 3. The van der Waals surface area contributed by atoms with Gasteiger partial charge in [-0.2, -0.15) is 5.26 Å². The van der Waals surface area contributed by atoms with Crippen LogP contribution >= 0.6 is 0 Å². The fourth-order valence-corrected chi connectivity index (χ4v) is 1.58. The monoisotopic (exact) mass is 334 g/mol. The number of benzene rings is 1. The van der Waals surface area contributed by atoms with E-state index in [1.807, 2.05) is 13.8 Å². The maximum atomic E-state index is 12.1. The van der Waals surface area contributed by atoms with Gasteiger partial charge >= 0.3 is 11.9 Å². The van der Waals surface area contributed by atoms with Gasteiger partial charge in [0.25, 0.3) is 5.91 Å². The minimum Gasteiger partial charge on any atom is -0.508 e. The van der Waals surface area contributed by atoms with E-state index in [4.69, 9.17) is 20.6 Å². The molecule has 0 atom stereocenters. The van der Waals surface area contributed by atoms with Crippen molar-refractivity contribution in [2.75, 3.05) is 13.1 Å². The summed E-state index contributed by atoms with van der Waals surface area (Å²) in [6, 6.07) is 7.19. The summed E-state index contributed by atoms with van der Waals surface area (Å²) in [6.45, 7) is 2.33. The lowest BCUT2D eigenvalue weighted by molar-refractivity contribution is -0.147. The first-order valence-electron chi connectivity index (χ1n) is 6.97. The van der Waals surface area contributed by atoms with Gasteiger partial charge < -0.3 is 20.2 Å². The van der Waals surface area contributed by atoms with E-state index in [0.717, 1.165) is 0 Å². The van der Waals surface area contributed by atoms with Gasteiger partial charge in [-0.25, -0.2) is 0 Å². The van der Waals surface area contributed by atoms with Crippen LogP contribution in [-0.2, 0) is 14.4 Å². The molecule has 3 N–H and O–H groups in total. The van der Waals surface area contributed by atoms with Crippen LogP contribution in [0.15, 0.2) is 29.8 Å². The van der Waals surface area contributed by atoms with Gasteiger partial charge in [-0.1, -0.05) is 26.0 Å². The lowest BCUT2D eigenvalue weighted by Crippen LogP contribution is -2.39. The highest BCUT2D eigenvalue weighted by atomic mass is 16.4. The summed E-state index contributed by atoms with van der Waals surface area (Å²) in [5, 5.41) is 35.6. The fourth-order valence-electron chi connectivity index (χ4n) is 1.58. The fraction of sp³-hybridized carbons (Fsp3) is 0.250. The molecule has 0 saturated carbocycles. The molecule has 0 unspecified atom stereocenters. The molecule has 0 radical (unpaired) electrons. The maximum Gasteiger partial charge on any atom is 0.323 e. The summed E-state index contributed by atoms with van der Waals surface area (Å²) in [4.78, 5) is 34.0. The van der Waals surface area contributed by atoms with Crippen LogP contribution in [0.1, 0.15) is 19.4 Å². The molecule has 0 heterocycles. The SMILES string of the molecule is CC.N#C/C(=C\c1ccc(O)cc1)C(=O)N(CC(=O)O)CC(=O)O. The maximum absolute atomic E-state index is 12.1. The molecule has 0 aliphatic heterocycles. The van der Waals surface area contributed by atoms with E-state index < -0.39 is 36.5 Å². The molecule has 8 nitrogen and oxygen atoms in total. The van der Waals surface area contributed by atoms with E-state index in [0.29, 0.717) is 10.5 Å². The summed E-state index contributed by atoms with van der Waals surface area (Å²) >= 11 is 0. The van der Waals surface area contributed by atoms with Crippen molar-refractivity contribution in [2.24, 2.45) is 0 Å². The number of carbonyl (C=O) groups excluding carboxylic acids is 1. The molecule has 1 aromatic rings. The van der Waals surface area contributed by atoms with Crippen LogP contribution in [0, 0.1) is 11.3 Å². The average molecular weight is 334 g/mol. The predicted octanol–water partition coefficient (Wildman–Crippen LogP) is 1.32. The Morgan fingerprint density at radius 3 is 1.92 bits per heavy atom. The van der Waals surface area contributed by atoms with Crippen molar-refractivity contribution in [3.8, 4) is 11.8 Å². The highest BCUT2D eigenvalue weighted by Gasteiger charge is 2.23. The second-order valence-electron chi connectivity index (χ2n) is 4.21. The Morgan fingerprint density at radius 2 is 1.54 bits per heavy atom. The van der Waals surface area contributed by atoms with Crippen LogP contribution < -0.4 is 0 Å². The summed E-state index contributed by atoms with van der Waals surface area (Å²) in [5.41, 5.74) is 0.0153. The quantitative estimate of drug-likeness (QED) is 0.526. The lowest BCUT2D eigenvalue weighted by atomic mass is 10.1. The normalized spacial score (nSPS) is 9.96. The molecule has 0 aliphatic rings. The third kappa shape index (κ3) is 7.09. The van der Waals surface area contributed by atoms with Gasteiger partial charge in [0.1, 0.15) is 30.5 Å². The number of nitriles is 1. The minimum atomic E-state index is -1.39. The molecule has 1 aromatic carbocycles. The zero-order valence-electron chi connectivity index (χ0n) is 13.3. The third-order valence-corrected chi connectivity index (χ3v) is 2.49. The van der Waals surface area contributed by atoms with Crippen LogP contribution in [0.4, 0.5) is 0 Å². The van der Waals surface area contributed by atoms with Crippen LogP contribution in [0.5, 0.6) is 5.75 Å². The van der Waals surface area contributed by atoms with Crippen molar-refractivity contribution in [1.29, 1.82) is 5.26 Å². The lowest BCUT2D eigenvalue weighted by Gasteiger charge is -2.17. The second kappa shape index (κ2) is 10.4. The number of carboxylic acids is 2. The molecule has 0 aliphatic carbocycles. The van der Waals surface area contributed by atoms with E-state index in [1.165, 1.54) is 30.3 Å². The molecule has 1 amide bonds. The zero-order chi connectivity index (χ0) is 18.7. The molecule has 128 valence electrons. The number of phenols is 1. The first-order valence-corrected chi connectivity index (χ1v) is 6.97. The largest absolute Gasteiger partial charge is 0.508 e. The average Bonchev–Trinajstić information content (AvgIpc) is 2.54. The number of carbonyl (C=O) groups is 3. The summed E-state index contributed by atoms with van der Waals surface area (Å²) in [7, 11) is 0. The molecule has 8 heteroatoms. The summed E-state index contributed by atoms with van der Waals surface area (Å²) in [6.07, 6.45) is 1.18. The van der Waals surface area contributed by atoms with Crippen LogP contribution in [0.25, 0.3) is 6.08 Å². The Bertz CT molecular complexity index is 642. The van der Waals surface area contributed by atoms with Crippen molar-refractivity contribution < 1.29 is 29.7 Å². The molecular formula is C16H18N2O6. The highest BCUT2D eigenvalue weighted by molar-refractivity contribution is 6.03. The molecule has 0 spiro atoms. The van der Waals surface area contributed by atoms with Gasteiger partial charge in [0.05, 0.1) is 0 Å². The Hall–Kier alpha value is -3.34. The first-order chi connectivity index (χ1) is 11.3. The van der Waals surface area contributed by atoms with Crippen molar-refractivity contribution in [2.45, 2.75) is 13.8 Å². The molecule has 0 aromatic heterocycles. The van der Waals surface area contributed by atoms with E-state index in [9.17, 15) is 14.4 Å². The predicted molar refractivity (Wildman–Crippen MR) is 84.9 cm³/mol. The minimum absolute atomic E-state index is 0.000338. The summed E-state index contributed by atoms with van der Waals surface area (Å²) in [5.74, 6) is -3.78. The van der Waals surface area contributed by atoms with Crippen molar-refractivity contribution in [3.05, 3.63) is 35.4 Å². The van der Waals surface area contributed by atoms with Crippen LogP contribution in [-0.4, -0.2) is 51.2 Å². The van der Waals surface area contributed by atoms with Gasteiger partial charge in [-0.05, 0) is 23.8 Å². The topological polar surface area (TPSA) is 139 Å². The van der Waals surface area contributed by atoms with Gasteiger partial charge in [-0.15, -0.1) is 0 Å². The number of nitrogens with zero attached hydrogens (tertiary/aromatic N) is 2. The van der Waals surface area contributed by atoms with Gasteiger partial charge in [0, 0.05) is 0 Å². The van der Waals surface area contributed by atoms with Crippen molar-refractivity contribution in [3.63, 3.8) is 0 Å². The van der Waals surface area contributed by atoms with E-state index in [-0.39, 0.29) is 5.75 Å². The number of carboxylic acid groups (broad SMARTS) is 2. The molecular weight excluding hydrogens is 316 g/mol. The van der Waals surface area contributed by atoms with Crippen LogP contribution in [0.3, 0.4) is 0 Å². The molecule has 24 heavy (non-hydrogen) atoms. The first kappa shape index (κ1) is 20.7. The third-order valence-electron chi connectivity index (χ3n) is 2.49.